The Kier molecular flexibility index (Phi) is 4.81. The Labute approximate surface area is 116 Å². The van der Waals surface area contributed by atoms with Crippen LogP contribution < -0.4 is 4.74 Å². The summed E-state index contributed by atoms with van der Waals surface area (Å²) in [6.07, 6.45) is 7.88. The average Bonchev–Trinajstić information content (AvgIpc) is 2.38. The van der Waals surface area contributed by atoms with E-state index in [1.165, 1.54) is 38.2 Å². The Balaban J connectivity index is 2.02. The number of hydrogen-bond donors (Lipinski definition) is 0. The predicted molar refractivity (Wildman–Crippen MR) is 76.3 cm³/mol. The molecule has 2 rings (SSSR count). The van der Waals surface area contributed by atoms with E-state index >= 15 is 0 Å². The number of hydrogen-bond acceptors (Lipinski definition) is 1. The van der Waals surface area contributed by atoms with Crippen molar-refractivity contribution >= 4 is 22.0 Å². The first-order valence-electron chi connectivity index (χ1n) is 6.45. The van der Waals surface area contributed by atoms with Crippen LogP contribution in [0.15, 0.2) is 23.2 Å². The summed E-state index contributed by atoms with van der Waals surface area (Å²) in [6.45, 7) is 4.25. The molecule has 18 heavy (non-hydrogen) atoms. The van der Waals surface area contributed by atoms with Crippen molar-refractivity contribution in [1.82, 2.24) is 0 Å². The molecule has 0 atom stereocenters. The van der Waals surface area contributed by atoms with Crippen LogP contribution >= 0.6 is 15.9 Å². The Hall–Kier alpha value is -0.830. The zero-order valence-corrected chi connectivity index (χ0v) is 12.0. The molecule has 0 N–H and O–H groups in total. The van der Waals surface area contributed by atoms with Gasteiger partial charge in [-0.2, -0.15) is 0 Å². The third-order valence-electron chi connectivity index (χ3n) is 3.44. The summed E-state index contributed by atoms with van der Waals surface area (Å²) in [6, 6.07) is 3.28. The minimum Gasteiger partial charge on any atom is -0.489 e. The highest BCUT2D eigenvalue weighted by atomic mass is 79.9. The summed E-state index contributed by atoms with van der Waals surface area (Å²) in [5.74, 6) is 0.574. The molecule has 1 aromatic carbocycles. The minimum absolute atomic E-state index is 0.324. The molecule has 1 fully saturated rings. The second kappa shape index (κ2) is 6.37. The van der Waals surface area contributed by atoms with Crippen LogP contribution in [0.25, 0.3) is 6.08 Å². The maximum absolute atomic E-state index is 13.8. The van der Waals surface area contributed by atoms with Crippen LogP contribution in [0.1, 0.15) is 37.7 Å². The molecule has 0 heterocycles. The van der Waals surface area contributed by atoms with Gasteiger partial charge >= 0.3 is 0 Å². The fourth-order valence-corrected chi connectivity index (χ4v) is 2.96. The second-order valence-electron chi connectivity index (χ2n) is 4.83. The highest BCUT2D eigenvalue weighted by molar-refractivity contribution is 9.10. The van der Waals surface area contributed by atoms with E-state index in [1.54, 1.807) is 6.08 Å². The molecular weight excluding hydrogens is 295 g/mol. The van der Waals surface area contributed by atoms with Gasteiger partial charge in [-0.05, 0) is 52.4 Å². The molecule has 0 unspecified atom stereocenters. The SMILES string of the molecule is C=Cc1cc(F)c(OCC2CCCCC2)c(Br)c1. The Bertz CT molecular complexity index is 401. The van der Waals surface area contributed by atoms with Crippen molar-refractivity contribution in [3.05, 3.63) is 34.6 Å². The Morgan fingerprint density at radius 3 is 2.67 bits per heavy atom. The van der Waals surface area contributed by atoms with Gasteiger partial charge in [0.15, 0.2) is 11.6 Å². The maximum atomic E-state index is 13.8. The lowest BCUT2D eigenvalue weighted by molar-refractivity contribution is 0.201. The Morgan fingerprint density at radius 2 is 2.06 bits per heavy atom. The molecule has 0 amide bonds. The molecular formula is C15H18BrFO. The van der Waals surface area contributed by atoms with Crippen LogP contribution in [0.4, 0.5) is 4.39 Å². The summed E-state index contributed by atoms with van der Waals surface area (Å²) < 4.78 is 20.2. The fraction of sp³-hybridized carbons (Fsp3) is 0.467. The largest absolute Gasteiger partial charge is 0.489 e. The van der Waals surface area contributed by atoms with Gasteiger partial charge in [-0.3, -0.25) is 0 Å². The summed E-state index contributed by atoms with van der Waals surface area (Å²) in [4.78, 5) is 0. The lowest BCUT2D eigenvalue weighted by atomic mass is 9.90. The van der Waals surface area contributed by atoms with Crippen LogP contribution in [0.2, 0.25) is 0 Å². The van der Waals surface area contributed by atoms with E-state index in [4.69, 9.17) is 4.74 Å². The zero-order valence-electron chi connectivity index (χ0n) is 10.4. The molecule has 1 aliphatic carbocycles. The molecule has 1 saturated carbocycles. The summed E-state index contributed by atoms with van der Waals surface area (Å²) in [5.41, 5.74) is 0.754. The van der Waals surface area contributed by atoms with Gasteiger partial charge in [0.2, 0.25) is 0 Å². The summed E-state index contributed by atoms with van der Waals surface area (Å²) >= 11 is 3.35. The van der Waals surface area contributed by atoms with Gasteiger partial charge in [0, 0.05) is 0 Å². The van der Waals surface area contributed by atoms with Crippen molar-refractivity contribution in [1.29, 1.82) is 0 Å². The summed E-state index contributed by atoms with van der Waals surface area (Å²) in [5, 5.41) is 0. The monoisotopic (exact) mass is 312 g/mol. The van der Waals surface area contributed by atoms with Gasteiger partial charge in [0.25, 0.3) is 0 Å². The highest BCUT2D eigenvalue weighted by Crippen LogP contribution is 2.32. The van der Waals surface area contributed by atoms with Crippen LogP contribution in [-0.2, 0) is 0 Å². The molecule has 0 bridgehead atoms. The van der Waals surface area contributed by atoms with E-state index < -0.39 is 0 Å². The first kappa shape index (κ1) is 13.6. The molecule has 0 radical (unpaired) electrons. The van der Waals surface area contributed by atoms with Crippen molar-refractivity contribution in [3.63, 3.8) is 0 Å². The molecule has 1 aliphatic rings. The van der Waals surface area contributed by atoms with Gasteiger partial charge in [-0.15, -0.1) is 0 Å². The quantitative estimate of drug-likeness (QED) is 0.743. The topological polar surface area (TPSA) is 9.23 Å². The lowest BCUT2D eigenvalue weighted by Gasteiger charge is -2.22. The zero-order chi connectivity index (χ0) is 13.0. The fourth-order valence-electron chi connectivity index (χ4n) is 2.39. The van der Waals surface area contributed by atoms with E-state index in [9.17, 15) is 4.39 Å². The first-order chi connectivity index (χ1) is 8.70. The number of benzene rings is 1. The predicted octanol–water partition coefficient (Wildman–Crippen LogP) is 5.19. The standard InChI is InChI=1S/C15H18BrFO/c1-2-11-8-13(16)15(14(17)9-11)18-10-12-6-4-3-5-7-12/h2,8-9,12H,1,3-7,10H2. The lowest BCUT2D eigenvalue weighted by Crippen LogP contribution is -2.15. The third kappa shape index (κ3) is 3.35. The molecule has 1 aromatic rings. The minimum atomic E-state index is -0.324. The van der Waals surface area contributed by atoms with E-state index in [2.05, 4.69) is 22.5 Å². The first-order valence-corrected chi connectivity index (χ1v) is 7.24. The number of rotatable bonds is 4. The van der Waals surface area contributed by atoms with Gasteiger partial charge in [0.1, 0.15) is 0 Å². The molecule has 3 heteroatoms. The molecule has 0 spiro atoms. The number of halogens is 2. The molecule has 1 nitrogen and oxygen atoms in total. The Morgan fingerprint density at radius 1 is 1.33 bits per heavy atom. The van der Waals surface area contributed by atoms with Crippen molar-refractivity contribution in [3.8, 4) is 5.75 Å². The average molecular weight is 313 g/mol. The van der Waals surface area contributed by atoms with Gasteiger partial charge in [-0.1, -0.05) is 31.9 Å². The van der Waals surface area contributed by atoms with Crippen LogP contribution in [0.5, 0.6) is 5.75 Å². The van der Waals surface area contributed by atoms with E-state index in [-0.39, 0.29) is 5.82 Å². The van der Waals surface area contributed by atoms with E-state index in [1.807, 2.05) is 6.07 Å². The second-order valence-corrected chi connectivity index (χ2v) is 5.69. The van der Waals surface area contributed by atoms with Gasteiger partial charge < -0.3 is 4.74 Å². The summed E-state index contributed by atoms with van der Waals surface area (Å²) in [7, 11) is 0. The maximum Gasteiger partial charge on any atom is 0.169 e. The third-order valence-corrected chi connectivity index (χ3v) is 4.03. The highest BCUT2D eigenvalue weighted by Gasteiger charge is 2.16. The van der Waals surface area contributed by atoms with Gasteiger partial charge in [0.05, 0.1) is 11.1 Å². The van der Waals surface area contributed by atoms with Crippen molar-refractivity contribution in [2.75, 3.05) is 6.61 Å². The molecule has 0 aliphatic heterocycles. The molecule has 98 valence electrons. The van der Waals surface area contributed by atoms with Crippen LogP contribution in [0, 0.1) is 11.7 Å². The van der Waals surface area contributed by atoms with Crippen molar-refractivity contribution < 1.29 is 9.13 Å². The van der Waals surface area contributed by atoms with Gasteiger partial charge in [-0.25, -0.2) is 4.39 Å². The van der Waals surface area contributed by atoms with Crippen molar-refractivity contribution in [2.45, 2.75) is 32.1 Å². The normalized spacial score (nSPS) is 16.6. The van der Waals surface area contributed by atoms with Crippen LogP contribution in [0.3, 0.4) is 0 Å². The number of ether oxygens (including phenoxy) is 1. The molecule has 0 saturated heterocycles. The smallest absolute Gasteiger partial charge is 0.169 e. The van der Waals surface area contributed by atoms with Crippen LogP contribution in [-0.4, -0.2) is 6.61 Å². The molecule has 0 aromatic heterocycles. The van der Waals surface area contributed by atoms with Crippen molar-refractivity contribution in [2.24, 2.45) is 5.92 Å². The van der Waals surface area contributed by atoms with E-state index in [0.29, 0.717) is 22.7 Å². The van der Waals surface area contributed by atoms with E-state index in [0.717, 1.165) is 5.56 Å².